The van der Waals surface area contributed by atoms with Crippen LogP contribution < -0.4 is 16.0 Å². The SMILES string of the molecule is Cc1cc2c(cc1C)NC(CC(=O)Nc1ccc(F)c(Cl)c1)C(=O)N2. The van der Waals surface area contributed by atoms with Gasteiger partial charge in [-0.3, -0.25) is 9.59 Å². The van der Waals surface area contributed by atoms with Crippen LogP contribution in [0.15, 0.2) is 30.3 Å². The van der Waals surface area contributed by atoms with Crippen LogP contribution in [0.4, 0.5) is 21.5 Å². The van der Waals surface area contributed by atoms with Gasteiger partial charge in [0.2, 0.25) is 11.8 Å². The van der Waals surface area contributed by atoms with E-state index in [4.69, 9.17) is 11.6 Å². The molecule has 2 amide bonds. The van der Waals surface area contributed by atoms with Gasteiger partial charge in [0.15, 0.2) is 0 Å². The third-order valence-electron chi connectivity index (χ3n) is 4.13. The lowest BCUT2D eigenvalue weighted by Gasteiger charge is -2.27. The Bertz CT molecular complexity index is 870. The fraction of sp³-hybridized carbons (Fsp3) is 0.222. The van der Waals surface area contributed by atoms with Crippen molar-refractivity contribution in [3.8, 4) is 0 Å². The van der Waals surface area contributed by atoms with Crippen LogP contribution in [-0.4, -0.2) is 17.9 Å². The molecule has 3 rings (SSSR count). The molecule has 1 heterocycles. The predicted octanol–water partition coefficient (Wildman–Crippen LogP) is 3.86. The van der Waals surface area contributed by atoms with Crippen molar-refractivity contribution < 1.29 is 14.0 Å². The van der Waals surface area contributed by atoms with Crippen molar-refractivity contribution in [3.63, 3.8) is 0 Å². The zero-order valence-corrected chi connectivity index (χ0v) is 14.5. The number of rotatable bonds is 3. The summed E-state index contributed by atoms with van der Waals surface area (Å²) in [5, 5.41) is 8.44. The second kappa shape index (κ2) is 6.72. The van der Waals surface area contributed by atoms with E-state index in [2.05, 4.69) is 16.0 Å². The van der Waals surface area contributed by atoms with Gasteiger partial charge in [-0.1, -0.05) is 11.6 Å². The molecule has 5 nitrogen and oxygen atoms in total. The van der Waals surface area contributed by atoms with Gasteiger partial charge in [-0.2, -0.15) is 0 Å². The fourth-order valence-corrected chi connectivity index (χ4v) is 2.81. The first-order chi connectivity index (χ1) is 11.8. The molecule has 25 heavy (non-hydrogen) atoms. The van der Waals surface area contributed by atoms with Crippen molar-refractivity contribution in [2.24, 2.45) is 0 Å². The van der Waals surface area contributed by atoms with Gasteiger partial charge in [0.25, 0.3) is 0 Å². The number of carbonyl (C=O) groups is 2. The number of fused-ring (bicyclic) bond motifs is 1. The summed E-state index contributed by atoms with van der Waals surface area (Å²) < 4.78 is 13.2. The Hall–Kier alpha value is -2.60. The topological polar surface area (TPSA) is 70.2 Å². The smallest absolute Gasteiger partial charge is 0.247 e. The number of hydrogen-bond donors (Lipinski definition) is 3. The summed E-state index contributed by atoms with van der Waals surface area (Å²) >= 11 is 5.69. The standard InChI is InChI=1S/C18H17ClFN3O2/c1-9-5-14-15(6-10(9)2)23-18(25)16(22-14)8-17(24)21-11-3-4-13(20)12(19)7-11/h3-7,16,22H,8H2,1-2H3,(H,21,24)(H,23,25). The fourth-order valence-electron chi connectivity index (χ4n) is 2.63. The Kier molecular flexibility index (Phi) is 4.63. The quantitative estimate of drug-likeness (QED) is 0.777. The highest BCUT2D eigenvalue weighted by atomic mass is 35.5. The van der Waals surface area contributed by atoms with Crippen molar-refractivity contribution >= 4 is 40.5 Å². The van der Waals surface area contributed by atoms with Gasteiger partial charge in [0, 0.05) is 5.69 Å². The molecule has 1 aliphatic rings. The number of carbonyl (C=O) groups excluding carboxylic acids is 2. The molecule has 2 aromatic carbocycles. The van der Waals surface area contributed by atoms with Crippen LogP contribution in [0.2, 0.25) is 5.02 Å². The van der Waals surface area contributed by atoms with Gasteiger partial charge in [-0.25, -0.2) is 4.39 Å². The van der Waals surface area contributed by atoms with Crippen LogP contribution >= 0.6 is 11.6 Å². The number of amides is 2. The highest BCUT2D eigenvalue weighted by Gasteiger charge is 2.28. The van der Waals surface area contributed by atoms with Gasteiger partial charge < -0.3 is 16.0 Å². The second-order valence-electron chi connectivity index (χ2n) is 6.05. The number of benzene rings is 2. The van der Waals surface area contributed by atoms with Crippen LogP contribution in [-0.2, 0) is 9.59 Å². The first-order valence-corrected chi connectivity index (χ1v) is 8.15. The van der Waals surface area contributed by atoms with Crippen molar-refractivity contribution in [2.45, 2.75) is 26.3 Å². The van der Waals surface area contributed by atoms with Gasteiger partial charge >= 0.3 is 0 Å². The lowest BCUT2D eigenvalue weighted by molar-refractivity contribution is -0.122. The van der Waals surface area contributed by atoms with Gasteiger partial charge in [0.05, 0.1) is 22.8 Å². The average molecular weight is 362 g/mol. The van der Waals surface area contributed by atoms with E-state index in [0.717, 1.165) is 16.8 Å². The first-order valence-electron chi connectivity index (χ1n) is 7.77. The molecular weight excluding hydrogens is 345 g/mol. The maximum Gasteiger partial charge on any atom is 0.247 e. The number of halogens is 2. The Balaban J connectivity index is 1.69. The largest absolute Gasteiger partial charge is 0.372 e. The molecule has 0 saturated carbocycles. The molecule has 0 aromatic heterocycles. The van der Waals surface area contributed by atoms with Crippen molar-refractivity contribution in [1.29, 1.82) is 0 Å². The van der Waals surface area contributed by atoms with E-state index < -0.39 is 11.9 Å². The molecule has 1 unspecified atom stereocenters. The maximum absolute atomic E-state index is 13.2. The molecule has 130 valence electrons. The molecule has 0 bridgehead atoms. The van der Waals surface area contributed by atoms with E-state index in [-0.39, 0.29) is 23.3 Å². The minimum absolute atomic E-state index is 0.0623. The molecule has 7 heteroatoms. The number of hydrogen-bond acceptors (Lipinski definition) is 3. The van der Waals surface area contributed by atoms with E-state index in [9.17, 15) is 14.0 Å². The summed E-state index contributed by atoms with van der Waals surface area (Å²) in [5.74, 6) is -1.21. The van der Waals surface area contributed by atoms with Crippen LogP contribution in [0, 0.1) is 19.7 Å². The highest BCUT2D eigenvalue weighted by molar-refractivity contribution is 6.31. The molecule has 0 radical (unpaired) electrons. The number of anilines is 3. The molecular formula is C18H17ClFN3O2. The molecule has 0 spiro atoms. The first kappa shape index (κ1) is 17.2. The third kappa shape index (κ3) is 3.74. The highest BCUT2D eigenvalue weighted by Crippen LogP contribution is 2.30. The molecule has 0 saturated heterocycles. The zero-order chi connectivity index (χ0) is 18.1. The average Bonchev–Trinajstić information content (AvgIpc) is 2.54. The van der Waals surface area contributed by atoms with Crippen molar-refractivity contribution in [3.05, 3.63) is 52.3 Å². The second-order valence-corrected chi connectivity index (χ2v) is 6.46. The van der Waals surface area contributed by atoms with E-state index in [1.807, 2.05) is 26.0 Å². The van der Waals surface area contributed by atoms with Crippen LogP contribution in [0.3, 0.4) is 0 Å². The summed E-state index contributed by atoms with van der Waals surface area (Å²) in [6.45, 7) is 3.95. The Morgan fingerprint density at radius 3 is 2.56 bits per heavy atom. The monoisotopic (exact) mass is 361 g/mol. The molecule has 0 fully saturated rings. The minimum Gasteiger partial charge on any atom is -0.372 e. The van der Waals surface area contributed by atoms with E-state index in [1.54, 1.807) is 0 Å². The van der Waals surface area contributed by atoms with Crippen molar-refractivity contribution in [1.82, 2.24) is 0 Å². The summed E-state index contributed by atoms with van der Waals surface area (Å²) in [5.41, 5.74) is 4.02. The normalized spacial score (nSPS) is 15.8. The van der Waals surface area contributed by atoms with Gasteiger partial charge in [-0.05, 0) is 55.3 Å². The molecule has 3 N–H and O–H groups in total. The molecule has 0 aliphatic carbocycles. The summed E-state index contributed by atoms with van der Waals surface area (Å²) in [4.78, 5) is 24.4. The van der Waals surface area contributed by atoms with E-state index in [0.29, 0.717) is 11.4 Å². The summed E-state index contributed by atoms with van der Waals surface area (Å²) in [6.07, 6.45) is -0.0623. The Labute approximate surface area is 149 Å². The minimum atomic E-state index is -0.689. The maximum atomic E-state index is 13.2. The number of aryl methyl sites for hydroxylation is 2. The number of nitrogens with one attached hydrogen (secondary N) is 3. The Morgan fingerprint density at radius 1 is 1.20 bits per heavy atom. The van der Waals surface area contributed by atoms with Gasteiger partial charge in [0.1, 0.15) is 11.9 Å². The Morgan fingerprint density at radius 2 is 1.88 bits per heavy atom. The zero-order valence-electron chi connectivity index (χ0n) is 13.7. The van der Waals surface area contributed by atoms with Crippen molar-refractivity contribution in [2.75, 3.05) is 16.0 Å². The van der Waals surface area contributed by atoms with Crippen LogP contribution in [0.25, 0.3) is 0 Å². The third-order valence-corrected chi connectivity index (χ3v) is 4.42. The lowest BCUT2D eigenvalue weighted by Crippen LogP contribution is -2.41. The van der Waals surface area contributed by atoms with E-state index >= 15 is 0 Å². The van der Waals surface area contributed by atoms with Gasteiger partial charge in [-0.15, -0.1) is 0 Å². The molecule has 1 atom stereocenters. The summed E-state index contributed by atoms with van der Waals surface area (Å²) in [6, 6.07) is 7.05. The molecule has 1 aliphatic heterocycles. The predicted molar refractivity (Wildman–Crippen MR) is 96.6 cm³/mol. The van der Waals surface area contributed by atoms with E-state index in [1.165, 1.54) is 18.2 Å². The molecule has 2 aromatic rings. The summed E-state index contributed by atoms with van der Waals surface area (Å²) in [7, 11) is 0. The van der Waals surface area contributed by atoms with Crippen LogP contribution in [0.1, 0.15) is 17.5 Å². The van der Waals surface area contributed by atoms with Crippen LogP contribution in [0.5, 0.6) is 0 Å². The lowest BCUT2D eigenvalue weighted by atomic mass is 10.0.